The van der Waals surface area contributed by atoms with Gasteiger partial charge in [-0.2, -0.15) is 0 Å². The molecule has 1 aliphatic heterocycles. The zero-order valence-corrected chi connectivity index (χ0v) is 15.3. The van der Waals surface area contributed by atoms with Crippen LogP contribution in [-0.4, -0.2) is 21.5 Å². The topological polar surface area (TPSA) is 49.4 Å². The minimum atomic E-state index is -3.55. The molecule has 24 heavy (non-hydrogen) atoms. The summed E-state index contributed by atoms with van der Waals surface area (Å²) in [6.07, 6.45) is 2.41. The van der Waals surface area contributed by atoms with Crippen molar-refractivity contribution < 1.29 is 8.42 Å². The predicted molar refractivity (Wildman–Crippen MR) is 101 cm³/mol. The van der Waals surface area contributed by atoms with Crippen molar-refractivity contribution in [1.82, 2.24) is 0 Å². The van der Waals surface area contributed by atoms with Crippen LogP contribution in [0.3, 0.4) is 0 Å². The Balaban J connectivity index is 1.69. The first-order chi connectivity index (χ1) is 11.4. The van der Waals surface area contributed by atoms with E-state index >= 15 is 0 Å². The van der Waals surface area contributed by atoms with Gasteiger partial charge in [0.15, 0.2) is 0 Å². The van der Waals surface area contributed by atoms with E-state index in [1.165, 1.54) is 12.8 Å². The standard InChI is InChI=1S/C17H18Cl2N2O2S/c18-14-4-3-13(17(19)11-14)12-24(22,23)20-15-5-7-16(8-6-15)21-9-1-2-10-21/h3-8,11,20H,1-2,9-10,12H2. The minimum Gasteiger partial charge on any atom is -0.372 e. The van der Waals surface area contributed by atoms with Crippen molar-refractivity contribution in [3.63, 3.8) is 0 Å². The Hall–Kier alpha value is -1.43. The van der Waals surface area contributed by atoms with E-state index in [9.17, 15) is 8.42 Å². The highest BCUT2D eigenvalue weighted by Gasteiger charge is 2.16. The summed E-state index contributed by atoms with van der Waals surface area (Å²) in [5.41, 5.74) is 2.18. The molecule has 1 heterocycles. The Morgan fingerprint density at radius 3 is 2.29 bits per heavy atom. The molecule has 2 aromatic rings. The molecular weight excluding hydrogens is 367 g/mol. The second kappa shape index (κ2) is 7.21. The maximum absolute atomic E-state index is 12.3. The molecule has 0 atom stereocenters. The second-order valence-corrected chi connectivity index (χ2v) is 8.40. The summed E-state index contributed by atoms with van der Waals surface area (Å²) in [4.78, 5) is 2.30. The molecule has 1 aliphatic rings. The molecule has 1 fully saturated rings. The fourth-order valence-electron chi connectivity index (χ4n) is 2.77. The molecule has 0 saturated carbocycles. The van der Waals surface area contributed by atoms with E-state index in [2.05, 4.69) is 9.62 Å². The molecule has 7 heteroatoms. The van der Waals surface area contributed by atoms with Gasteiger partial charge >= 0.3 is 0 Å². The predicted octanol–water partition coefficient (Wildman–Crippen LogP) is 4.54. The molecule has 2 aromatic carbocycles. The molecule has 0 radical (unpaired) electrons. The van der Waals surface area contributed by atoms with E-state index in [0.29, 0.717) is 21.3 Å². The van der Waals surface area contributed by atoms with Gasteiger partial charge in [0.05, 0.1) is 5.75 Å². The lowest BCUT2D eigenvalue weighted by atomic mass is 10.2. The van der Waals surface area contributed by atoms with E-state index < -0.39 is 10.0 Å². The number of nitrogens with zero attached hydrogens (tertiary/aromatic N) is 1. The maximum Gasteiger partial charge on any atom is 0.236 e. The Labute approximate surface area is 152 Å². The highest BCUT2D eigenvalue weighted by atomic mass is 35.5. The van der Waals surface area contributed by atoms with E-state index in [0.717, 1.165) is 18.8 Å². The van der Waals surface area contributed by atoms with Crippen LogP contribution in [0.1, 0.15) is 18.4 Å². The van der Waals surface area contributed by atoms with Crippen LogP contribution in [0, 0.1) is 0 Å². The number of benzene rings is 2. The summed E-state index contributed by atoms with van der Waals surface area (Å²) < 4.78 is 27.3. The van der Waals surface area contributed by atoms with Crippen molar-refractivity contribution in [3.05, 3.63) is 58.1 Å². The molecule has 0 unspecified atom stereocenters. The average Bonchev–Trinajstić information content (AvgIpc) is 3.05. The fraction of sp³-hybridized carbons (Fsp3) is 0.294. The molecule has 0 spiro atoms. The second-order valence-electron chi connectivity index (χ2n) is 5.84. The van der Waals surface area contributed by atoms with Crippen LogP contribution in [0.15, 0.2) is 42.5 Å². The molecule has 3 rings (SSSR count). The summed E-state index contributed by atoms with van der Waals surface area (Å²) in [7, 11) is -3.55. The SMILES string of the molecule is O=S(=O)(Cc1ccc(Cl)cc1Cl)Nc1ccc(N2CCCC2)cc1. The monoisotopic (exact) mass is 384 g/mol. The van der Waals surface area contributed by atoms with E-state index in [-0.39, 0.29) is 5.75 Å². The van der Waals surface area contributed by atoms with Crippen molar-refractivity contribution in [3.8, 4) is 0 Å². The van der Waals surface area contributed by atoms with Crippen LogP contribution in [0.4, 0.5) is 11.4 Å². The van der Waals surface area contributed by atoms with Gasteiger partial charge in [0.2, 0.25) is 10.0 Å². The molecule has 0 aliphatic carbocycles. The Kier molecular flexibility index (Phi) is 5.23. The van der Waals surface area contributed by atoms with Gasteiger partial charge in [0.1, 0.15) is 0 Å². The van der Waals surface area contributed by atoms with Crippen LogP contribution < -0.4 is 9.62 Å². The minimum absolute atomic E-state index is 0.198. The fourth-order valence-corrected chi connectivity index (χ4v) is 4.56. The van der Waals surface area contributed by atoms with E-state index in [1.54, 1.807) is 30.3 Å². The van der Waals surface area contributed by atoms with Gasteiger partial charge in [-0.25, -0.2) is 8.42 Å². The maximum atomic E-state index is 12.3. The number of rotatable bonds is 5. The summed E-state index contributed by atoms with van der Waals surface area (Å²) in [6.45, 7) is 2.11. The molecular formula is C17H18Cl2N2O2S. The first kappa shape index (κ1) is 17.4. The third kappa shape index (κ3) is 4.35. The highest BCUT2D eigenvalue weighted by Crippen LogP contribution is 2.25. The molecule has 4 nitrogen and oxygen atoms in total. The lowest BCUT2D eigenvalue weighted by Crippen LogP contribution is -2.18. The largest absolute Gasteiger partial charge is 0.372 e. The lowest BCUT2D eigenvalue weighted by Gasteiger charge is -2.18. The van der Waals surface area contributed by atoms with Gasteiger partial charge in [-0.1, -0.05) is 29.3 Å². The van der Waals surface area contributed by atoms with Crippen LogP contribution in [0.5, 0.6) is 0 Å². The summed E-state index contributed by atoms with van der Waals surface area (Å²) >= 11 is 11.9. The highest BCUT2D eigenvalue weighted by molar-refractivity contribution is 7.91. The van der Waals surface area contributed by atoms with E-state index in [4.69, 9.17) is 23.2 Å². The summed E-state index contributed by atoms with van der Waals surface area (Å²) in [5, 5.41) is 0.823. The van der Waals surface area contributed by atoms with Crippen molar-refractivity contribution in [1.29, 1.82) is 0 Å². The van der Waals surface area contributed by atoms with Gasteiger partial charge in [0.25, 0.3) is 0 Å². The van der Waals surface area contributed by atoms with Crippen molar-refractivity contribution in [2.75, 3.05) is 22.7 Å². The molecule has 128 valence electrons. The Morgan fingerprint density at radius 1 is 1.00 bits per heavy atom. The van der Waals surface area contributed by atoms with Crippen LogP contribution in [-0.2, 0) is 15.8 Å². The van der Waals surface area contributed by atoms with Gasteiger partial charge < -0.3 is 4.90 Å². The molecule has 0 amide bonds. The third-order valence-electron chi connectivity index (χ3n) is 3.97. The van der Waals surface area contributed by atoms with Gasteiger partial charge in [0, 0.05) is 34.5 Å². The molecule has 0 bridgehead atoms. The molecule has 1 N–H and O–H groups in total. The number of hydrogen-bond donors (Lipinski definition) is 1. The third-order valence-corrected chi connectivity index (χ3v) is 5.80. The van der Waals surface area contributed by atoms with Gasteiger partial charge in [-0.05, 0) is 54.8 Å². The smallest absolute Gasteiger partial charge is 0.236 e. The number of anilines is 2. The van der Waals surface area contributed by atoms with Crippen LogP contribution in [0.2, 0.25) is 10.0 Å². The first-order valence-electron chi connectivity index (χ1n) is 7.72. The Morgan fingerprint density at radius 2 is 1.67 bits per heavy atom. The summed E-state index contributed by atoms with van der Waals surface area (Å²) in [5.74, 6) is -0.198. The van der Waals surface area contributed by atoms with Crippen LogP contribution >= 0.6 is 23.2 Å². The Bertz CT molecular complexity index is 817. The quantitative estimate of drug-likeness (QED) is 0.823. The number of hydrogen-bond acceptors (Lipinski definition) is 3. The number of sulfonamides is 1. The first-order valence-corrected chi connectivity index (χ1v) is 10.1. The van der Waals surface area contributed by atoms with Gasteiger partial charge in [-0.15, -0.1) is 0 Å². The average molecular weight is 385 g/mol. The molecule has 1 saturated heterocycles. The summed E-state index contributed by atoms with van der Waals surface area (Å²) in [6, 6.07) is 12.3. The zero-order valence-electron chi connectivity index (χ0n) is 13.0. The van der Waals surface area contributed by atoms with E-state index in [1.807, 2.05) is 12.1 Å². The number of halogens is 2. The normalized spacial score (nSPS) is 14.8. The molecule has 0 aromatic heterocycles. The number of nitrogens with one attached hydrogen (secondary N) is 1. The van der Waals surface area contributed by atoms with Crippen molar-refractivity contribution >= 4 is 44.6 Å². The zero-order chi connectivity index (χ0) is 17.2. The van der Waals surface area contributed by atoms with Crippen molar-refractivity contribution in [2.24, 2.45) is 0 Å². The van der Waals surface area contributed by atoms with Crippen LogP contribution in [0.25, 0.3) is 0 Å². The lowest BCUT2D eigenvalue weighted by molar-refractivity contribution is 0.600. The van der Waals surface area contributed by atoms with Crippen molar-refractivity contribution in [2.45, 2.75) is 18.6 Å². The van der Waals surface area contributed by atoms with Gasteiger partial charge in [-0.3, -0.25) is 4.72 Å².